The number of anilines is 1. The molecular weight excluding hydrogens is 320 g/mol. The second-order valence-corrected chi connectivity index (χ2v) is 4.50. The third kappa shape index (κ3) is 3.62. The smallest absolute Gasteiger partial charge is 0.394 e. The molecule has 10 heteroatoms. The number of nitrogens with one attached hydrogen (secondary N) is 1. The average Bonchev–Trinajstić information content (AvgIpc) is 2.42. The summed E-state index contributed by atoms with van der Waals surface area (Å²) < 4.78 is 75.8. The van der Waals surface area contributed by atoms with Crippen molar-refractivity contribution < 1.29 is 41.7 Å². The first kappa shape index (κ1) is 18.5. The van der Waals surface area contributed by atoms with Crippen molar-refractivity contribution >= 4 is 5.69 Å². The molecule has 22 heavy (non-hydrogen) atoms. The quantitative estimate of drug-likeness (QED) is 0.620. The summed E-state index contributed by atoms with van der Waals surface area (Å²) >= 11 is 0. The van der Waals surface area contributed by atoms with Crippen LogP contribution in [0, 0.1) is 0 Å². The highest BCUT2D eigenvalue weighted by Gasteiger charge is 2.71. The summed E-state index contributed by atoms with van der Waals surface area (Å²) in [4.78, 5) is 0. The molecular formula is C12H13F6NO3. The molecule has 0 fully saturated rings. The molecule has 0 aromatic heterocycles. The van der Waals surface area contributed by atoms with E-state index in [1.54, 1.807) is 0 Å². The Labute approximate surface area is 121 Å². The maximum atomic E-state index is 12.6. The van der Waals surface area contributed by atoms with Crippen molar-refractivity contribution in [2.24, 2.45) is 0 Å². The minimum Gasteiger partial charge on any atom is -0.394 e. The van der Waals surface area contributed by atoms with Crippen LogP contribution in [0.2, 0.25) is 0 Å². The van der Waals surface area contributed by atoms with Crippen LogP contribution in [0.3, 0.4) is 0 Å². The van der Waals surface area contributed by atoms with Crippen LogP contribution in [0.4, 0.5) is 32.0 Å². The lowest BCUT2D eigenvalue weighted by Gasteiger charge is -2.32. The minimum atomic E-state index is -5.94. The summed E-state index contributed by atoms with van der Waals surface area (Å²) in [6, 6.07) is 2.74. The minimum absolute atomic E-state index is 0.114. The van der Waals surface area contributed by atoms with Crippen molar-refractivity contribution in [3.8, 4) is 0 Å². The van der Waals surface area contributed by atoms with Crippen LogP contribution in [0.1, 0.15) is 5.56 Å². The standard InChI is InChI=1S/C12H13F6NO3/c13-11(14,15)10(22,12(16,17)18)7-1-3-8(4-2-7)19-5-9(21)6-20/h1-4,9,19-22H,5-6H2. The Morgan fingerprint density at radius 1 is 0.955 bits per heavy atom. The zero-order valence-corrected chi connectivity index (χ0v) is 10.9. The number of rotatable bonds is 5. The number of halogens is 6. The normalized spacial score (nSPS) is 14.8. The SMILES string of the molecule is OCC(O)CNc1ccc(C(O)(C(F)(F)F)C(F)(F)F)cc1. The first-order chi connectivity index (χ1) is 9.93. The van der Waals surface area contributed by atoms with E-state index in [0.29, 0.717) is 12.1 Å². The summed E-state index contributed by atoms with van der Waals surface area (Å²) in [5, 5.41) is 29.3. The van der Waals surface area contributed by atoms with E-state index >= 15 is 0 Å². The maximum Gasteiger partial charge on any atom is 0.430 e. The summed E-state index contributed by atoms with van der Waals surface area (Å²) in [5.74, 6) is 0. The van der Waals surface area contributed by atoms with Gasteiger partial charge in [0.25, 0.3) is 5.60 Å². The Morgan fingerprint density at radius 2 is 1.41 bits per heavy atom. The first-order valence-corrected chi connectivity index (χ1v) is 5.92. The van der Waals surface area contributed by atoms with Gasteiger partial charge in [-0.3, -0.25) is 0 Å². The van der Waals surface area contributed by atoms with Crippen molar-refractivity contribution in [2.45, 2.75) is 24.1 Å². The molecule has 0 heterocycles. The van der Waals surface area contributed by atoms with E-state index in [2.05, 4.69) is 5.32 Å². The van der Waals surface area contributed by atoms with Crippen LogP contribution < -0.4 is 5.32 Å². The second-order valence-electron chi connectivity index (χ2n) is 4.50. The molecule has 1 aromatic rings. The van der Waals surface area contributed by atoms with Crippen molar-refractivity contribution in [3.63, 3.8) is 0 Å². The highest BCUT2D eigenvalue weighted by molar-refractivity contribution is 5.46. The van der Waals surface area contributed by atoms with Gasteiger partial charge in [0, 0.05) is 17.8 Å². The fourth-order valence-corrected chi connectivity index (χ4v) is 1.62. The molecule has 0 saturated heterocycles. The van der Waals surface area contributed by atoms with E-state index in [4.69, 9.17) is 15.3 Å². The molecule has 0 saturated carbocycles. The van der Waals surface area contributed by atoms with Crippen LogP contribution in [0.15, 0.2) is 24.3 Å². The van der Waals surface area contributed by atoms with Gasteiger partial charge in [-0.1, -0.05) is 12.1 Å². The predicted molar refractivity (Wildman–Crippen MR) is 64.0 cm³/mol. The monoisotopic (exact) mass is 333 g/mol. The van der Waals surface area contributed by atoms with Gasteiger partial charge in [0.15, 0.2) is 0 Å². The molecule has 0 aliphatic carbocycles. The number of alkyl halides is 6. The van der Waals surface area contributed by atoms with Gasteiger partial charge in [-0.2, -0.15) is 26.3 Å². The Morgan fingerprint density at radius 3 is 1.77 bits per heavy atom. The van der Waals surface area contributed by atoms with Gasteiger partial charge in [-0.15, -0.1) is 0 Å². The largest absolute Gasteiger partial charge is 0.430 e. The van der Waals surface area contributed by atoms with Crippen LogP contribution in [0.25, 0.3) is 0 Å². The Hall–Kier alpha value is -1.52. The van der Waals surface area contributed by atoms with Gasteiger partial charge in [-0.25, -0.2) is 0 Å². The van der Waals surface area contributed by atoms with Crippen molar-refractivity contribution in [1.82, 2.24) is 0 Å². The lowest BCUT2D eigenvalue weighted by atomic mass is 9.92. The van der Waals surface area contributed by atoms with Gasteiger partial charge in [0.05, 0.1) is 12.7 Å². The fraction of sp³-hybridized carbons (Fsp3) is 0.500. The van der Waals surface area contributed by atoms with Gasteiger partial charge >= 0.3 is 12.4 Å². The molecule has 0 aliphatic rings. The number of aliphatic hydroxyl groups is 3. The summed E-state index contributed by atoms with van der Waals surface area (Å²) in [7, 11) is 0. The topological polar surface area (TPSA) is 72.7 Å². The van der Waals surface area contributed by atoms with Gasteiger partial charge in [-0.05, 0) is 12.1 Å². The van der Waals surface area contributed by atoms with E-state index in [9.17, 15) is 26.3 Å². The van der Waals surface area contributed by atoms with Crippen LogP contribution in [0.5, 0.6) is 0 Å². The van der Waals surface area contributed by atoms with Crippen LogP contribution >= 0.6 is 0 Å². The molecule has 126 valence electrons. The Bertz CT molecular complexity index is 471. The van der Waals surface area contributed by atoms with Crippen molar-refractivity contribution in [2.75, 3.05) is 18.5 Å². The van der Waals surface area contributed by atoms with Crippen molar-refractivity contribution in [1.29, 1.82) is 0 Å². The molecule has 0 spiro atoms. The molecule has 0 aliphatic heterocycles. The number of benzene rings is 1. The van der Waals surface area contributed by atoms with Gasteiger partial charge < -0.3 is 20.6 Å². The van der Waals surface area contributed by atoms with Crippen LogP contribution in [-0.4, -0.2) is 46.9 Å². The van der Waals surface area contributed by atoms with E-state index in [-0.39, 0.29) is 12.2 Å². The number of aliphatic hydroxyl groups excluding tert-OH is 2. The Kier molecular flexibility index (Phi) is 5.31. The molecule has 4 nitrogen and oxygen atoms in total. The third-order valence-corrected chi connectivity index (χ3v) is 2.88. The van der Waals surface area contributed by atoms with Gasteiger partial charge in [0.1, 0.15) is 0 Å². The molecule has 1 rings (SSSR count). The number of hydrogen-bond acceptors (Lipinski definition) is 4. The van der Waals surface area contributed by atoms with E-state index < -0.39 is 36.2 Å². The molecule has 0 radical (unpaired) electrons. The molecule has 1 atom stereocenters. The molecule has 0 bridgehead atoms. The lowest BCUT2D eigenvalue weighted by molar-refractivity contribution is -0.376. The highest BCUT2D eigenvalue weighted by atomic mass is 19.4. The number of hydrogen-bond donors (Lipinski definition) is 4. The summed E-state index contributed by atoms with van der Waals surface area (Å²) in [5.41, 5.74) is -6.23. The highest BCUT2D eigenvalue weighted by Crippen LogP contribution is 2.50. The van der Waals surface area contributed by atoms with E-state index in [1.807, 2.05) is 0 Å². The van der Waals surface area contributed by atoms with E-state index in [0.717, 1.165) is 12.1 Å². The zero-order chi connectivity index (χ0) is 17.2. The summed E-state index contributed by atoms with van der Waals surface area (Å²) in [6.45, 7) is -0.717. The molecule has 1 aromatic carbocycles. The van der Waals surface area contributed by atoms with E-state index in [1.165, 1.54) is 0 Å². The molecule has 1 unspecified atom stereocenters. The van der Waals surface area contributed by atoms with Gasteiger partial charge in [0.2, 0.25) is 0 Å². The maximum absolute atomic E-state index is 12.6. The predicted octanol–water partition coefficient (Wildman–Crippen LogP) is 1.76. The van der Waals surface area contributed by atoms with Crippen LogP contribution in [-0.2, 0) is 5.60 Å². The third-order valence-electron chi connectivity index (χ3n) is 2.88. The first-order valence-electron chi connectivity index (χ1n) is 5.92. The molecule has 4 N–H and O–H groups in total. The zero-order valence-electron chi connectivity index (χ0n) is 10.9. The van der Waals surface area contributed by atoms with Crippen molar-refractivity contribution in [3.05, 3.63) is 29.8 Å². The second kappa shape index (κ2) is 6.31. The average molecular weight is 333 g/mol. The fourth-order valence-electron chi connectivity index (χ4n) is 1.62. The lowest BCUT2D eigenvalue weighted by Crippen LogP contribution is -2.53. The summed E-state index contributed by atoms with van der Waals surface area (Å²) in [6.07, 6.45) is -13.0. The Balaban J connectivity index is 3.05. The molecule has 0 amide bonds.